The van der Waals surface area contributed by atoms with Gasteiger partial charge in [0.25, 0.3) is 0 Å². The lowest BCUT2D eigenvalue weighted by molar-refractivity contribution is 0.240. The Morgan fingerprint density at radius 1 is 1.53 bits per heavy atom. The predicted molar refractivity (Wildman–Crippen MR) is 72.2 cm³/mol. The van der Waals surface area contributed by atoms with Gasteiger partial charge in [0.05, 0.1) is 5.69 Å². The van der Waals surface area contributed by atoms with Crippen molar-refractivity contribution in [1.29, 1.82) is 0 Å². The van der Waals surface area contributed by atoms with Gasteiger partial charge >= 0.3 is 0 Å². The number of thiazole rings is 1. The molecule has 0 bridgehead atoms. The minimum atomic E-state index is 0.658. The van der Waals surface area contributed by atoms with E-state index in [2.05, 4.69) is 39.7 Å². The summed E-state index contributed by atoms with van der Waals surface area (Å²) < 4.78 is 2.08. The molecule has 0 aromatic carbocycles. The molecule has 0 saturated carbocycles. The Morgan fingerprint density at radius 2 is 2.35 bits per heavy atom. The van der Waals surface area contributed by atoms with Crippen LogP contribution < -0.4 is 5.73 Å². The van der Waals surface area contributed by atoms with Gasteiger partial charge in [-0.05, 0) is 5.92 Å². The average Bonchev–Trinajstić information content (AvgIpc) is 2.76. The molecular weight excluding hydrogens is 232 g/mol. The summed E-state index contributed by atoms with van der Waals surface area (Å²) in [6, 6.07) is 0. The van der Waals surface area contributed by atoms with Gasteiger partial charge < -0.3 is 5.73 Å². The van der Waals surface area contributed by atoms with Gasteiger partial charge in [-0.2, -0.15) is 0 Å². The summed E-state index contributed by atoms with van der Waals surface area (Å²) in [5.74, 6) is 0.658. The Hall–Kier alpha value is -0.910. The van der Waals surface area contributed by atoms with Crippen LogP contribution in [0.4, 0.5) is 0 Å². The average molecular weight is 252 g/mol. The zero-order valence-electron chi connectivity index (χ0n) is 10.5. The second-order valence-corrected chi connectivity index (χ2v) is 5.62. The van der Waals surface area contributed by atoms with E-state index in [4.69, 9.17) is 5.73 Å². The fourth-order valence-corrected chi connectivity index (χ4v) is 2.73. The number of hydrogen-bond acceptors (Lipinski definition) is 4. The summed E-state index contributed by atoms with van der Waals surface area (Å²) in [6.07, 6.45) is 4.15. The molecule has 0 radical (unpaired) electrons. The van der Waals surface area contributed by atoms with Gasteiger partial charge in [0, 0.05) is 44.0 Å². The molecule has 0 aliphatic rings. The lowest BCUT2D eigenvalue weighted by Crippen LogP contribution is -2.32. The van der Waals surface area contributed by atoms with Gasteiger partial charge in [-0.1, -0.05) is 13.8 Å². The standard InChI is InChI=1S/C12H20N4S/c1-10(2)7-15(4-3-13)8-11-9-16-5-6-17-12(16)14-11/h5-6,9-10H,3-4,7-8,13H2,1-2H3. The Kier molecular flexibility index (Phi) is 4.15. The Labute approximate surface area is 106 Å². The van der Waals surface area contributed by atoms with Crippen LogP contribution in [0, 0.1) is 5.92 Å². The zero-order valence-corrected chi connectivity index (χ0v) is 11.3. The van der Waals surface area contributed by atoms with E-state index in [9.17, 15) is 0 Å². The second kappa shape index (κ2) is 5.62. The van der Waals surface area contributed by atoms with Crippen molar-refractivity contribution in [3.8, 4) is 0 Å². The summed E-state index contributed by atoms with van der Waals surface area (Å²) in [5.41, 5.74) is 6.78. The minimum absolute atomic E-state index is 0.658. The van der Waals surface area contributed by atoms with E-state index in [-0.39, 0.29) is 0 Å². The van der Waals surface area contributed by atoms with Crippen LogP contribution in [-0.2, 0) is 6.54 Å². The summed E-state index contributed by atoms with van der Waals surface area (Å²) in [5, 5.41) is 2.05. The molecule has 2 heterocycles. The first-order valence-electron chi connectivity index (χ1n) is 6.02. The fraction of sp³-hybridized carbons (Fsp3) is 0.583. The van der Waals surface area contributed by atoms with E-state index >= 15 is 0 Å². The first-order chi connectivity index (χ1) is 8.19. The molecule has 0 saturated heterocycles. The molecule has 2 aromatic heterocycles. The SMILES string of the molecule is CC(C)CN(CCN)Cc1cn2ccsc2n1. The van der Waals surface area contributed by atoms with E-state index < -0.39 is 0 Å². The number of fused-ring (bicyclic) bond motifs is 1. The first-order valence-corrected chi connectivity index (χ1v) is 6.90. The molecule has 0 amide bonds. The summed E-state index contributed by atoms with van der Waals surface area (Å²) in [6.45, 7) is 8.06. The van der Waals surface area contributed by atoms with Crippen molar-refractivity contribution in [3.05, 3.63) is 23.5 Å². The number of nitrogens with zero attached hydrogens (tertiary/aromatic N) is 3. The van der Waals surface area contributed by atoms with Crippen LogP contribution in [0.3, 0.4) is 0 Å². The van der Waals surface area contributed by atoms with Crippen LogP contribution >= 0.6 is 11.3 Å². The minimum Gasteiger partial charge on any atom is -0.329 e. The smallest absolute Gasteiger partial charge is 0.193 e. The van der Waals surface area contributed by atoms with Crippen LogP contribution in [-0.4, -0.2) is 33.9 Å². The maximum atomic E-state index is 5.65. The molecule has 0 aliphatic heterocycles. The van der Waals surface area contributed by atoms with Crippen molar-refractivity contribution in [3.63, 3.8) is 0 Å². The summed E-state index contributed by atoms with van der Waals surface area (Å²) in [7, 11) is 0. The van der Waals surface area contributed by atoms with Crippen LogP contribution in [0.15, 0.2) is 17.8 Å². The fourth-order valence-electron chi connectivity index (χ4n) is 2.02. The summed E-state index contributed by atoms with van der Waals surface area (Å²) >= 11 is 1.67. The molecule has 2 N–H and O–H groups in total. The number of nitrogens with two attached hydrogens (primary N) is 1. The van der Waals surface area contributed by atoms with Gasteiger partial charge in [0.15, 0.2) is 4.96 Å². The Bertz CT molecular complexity index is 431. The van der Waals surface area contributed by atoms with Gasteiger partial charge in [-0.3, -0.25) is 9.30 Å². The third-order valence-corrected chi connectivity index (χ3v) is 3.37. The Balaban J connectivity index is 2.03. The maximum Gasteiger partial charge on any atom is 0.193 e. The van der Waals surface area contributed by atoms with Gasteiger partial charge in [0.1, 0.15) is 0 Å². The van der Waals surface area contributed by atoms with E-state index in [0.29, 0.717) is 12.5 Å². The van der Waals surface area contributed by atoms with Gasteiger partial charge in [0.2, 0.25) is 0 Å². The third-order valence-electron chi connectivity index (χ3n) is 2.60. The normalized spacial score (nSPS) is 12.1. The van der Waals surface area contributed by atoms with Crippen molar-refractivity contribution in [2.24, 2.45) is 11.7 Å². The van der Waals surface area contributed by atoms with Crippen LogP contribution in [0.25, 0.3) is 4.96 Å². The maximum absolute atomic E-state index is 5.65. The number of aromatic nitrogens is 2. The molecule has 0 unspecified atom stereocenters. The molecule has 0 spiro atoms. The van der Waals surface area contributed by atoms with Crippen molar-refractivity contribution in [2.45, 2.75) is 20.4 Å². The number of hydrogen-bond donors (Lipinski definition) is 1. The molecular formula is C12H20N4S. The van der Waals surface area contributed by atoms with Crippen LogP contribution in [0.2, 0.25) is 0 Å². The van der Waals surface area contributed by atoms with Crippen LogP contribution in [0.1, 0.15) is 19.5 Å². The molecule has 4 nitrogen and oxygen atoms in total. The van der Waals surface area contributed by atoms with E-state index in [1.165, 1.54) is 0 Å². The molecule has 2 rings (SSSR count). The van der Waals surface area contributed by atoms with Crippen molar-refractivity contribution < 1.29 is 0 Å². The van der Waals surface area contributed by atoms with E-state index in [1.54, 1.807) is 11.3 Å². The Morgan fingerprint density at radius 3 is 3.00 bits per heavy atom. The molecule has 5 heteroatoms. The van der Waals surface area contributed by atoms with Crippen molar-refractivity contribution >= 4 is 16.3 Å². The summed E-state index contributed by atoms with van der Waals surface area (Å²) in [4.78, 5) is 8.04. The van der Waals surface area contributed by atoms with E-state index in [0.717, 1.165) is 30.3 Å². The van der Waals surface area contributed by atoms with Gasteiger partial charge in [-0.15, -0.1) is 11.3 Å². The topological polar surface area (TPSA) is 46.6 Å². The molecule has 94 valence electrons. The van der Waals surface area contributed by atoms with Crippen molar-refractivity contribution in [2.75, 3.05) is 19.6 Å². The highest BCUT2D eigenvalue weighted by atomic mass is 32.1. The number of imidazole rings is 1. The lowest BCUT2D eigenvalue weighted by Gasteiger charge is -2.22. The van der Waals surface area contributed by atoms with Crippen molar-refractivity contribution in [1.82, 2.24) is 14.3 Å². The highest BCUT2D eigenvalue weighted by molar-refractivity contribution is 7.15. The highest BCUT2D eigenvalue weighted by Gasteiger charge is 2.10. The number of rotatable bonds is 6. The predicted octanol–water partition coefficient (Wildman–Crippen LogP) is 1.81. The van der Waals surface area contributed by atoms with E-state index in [1.807, 2.05) is 6.20 Å². The monoisotopic (exact) mass is 252 g/mol. The second-order valence-electron chi connectivity index (χ2n) is 4.74. The molecule has 17 heavy (non-hydrogen) atoms. The molecule has 0 fully saturated rings. The first kappa shape index (κ1) is 12.5. The third kappa shape index (κ3) is 3.28. The molecule has 2 aromatic rings. The lowest BCUT2D eigenvalue weighted by atomic mass is 10.2. The van der Waals surface area contributed by atoms with Gasteiger partial charge in [-0.25, -0.2) is 4.98 Å². The van der Waals surface area contributed by atoms with Crippen LogP contribution in [0.5, 0.6) is 0 Å². The molecule has 0 aliphatic carbocycles. The largest absolute Gasteiger partial charge is 0.329 e. The quantitative estimate of drug-likeness (QED) is 0.853. The highest BCUT2D eigenvalue weighted by Crippen LogP contribution is 2.13. The zero-order chi connectivity index (χ0) is 12.3. The molecule has 0 atom stereocenters.